The summed E-state index contributed by atoms with van der Waals surface area (Å²) in [6.07, 6.45) is 7.81. The van der Waals surface area contributed by atoms with Gasteiger partial charge in [0.15, 0.2) is 11.5 Å². The third kappa shape index (κ3) is 3.29. The quantitative estimate of drug-likeness (QED) is 0.872. The molecule has 0 bridgehead atoms. The SMILES string of the molecule is c1cnc([C@H]2CCCN(Cc3ccc4c(c3)OCCO4)C2)cn1. The number of piperidine rings is 1. The van der Waals surface area contributed by atoms with E-state index >= 15 is 0 Å². The Hall–Kier alpha value is -2.14. The normalized spacial score (nSPS) is 21.1. The smallest absolute Gasteiger partial charge is 0.161 e. The molecule has 3 heterocycles. The monoisotopic (exact) mass is 311 g/mol. The van der Waals surface area contributed by atoms with Crippen molar-refractivity contribution in [1.82, 2.24) is 14.9 Å². The first kappa shape index (κ1) is 14.5. The Bertz CT molecular complexity index is 663. The fraction of sp³-hybridized carbons (Fsp3) is 0.444. The fourth-order valence-corrected chi connectivity index (χ4v) is 3.41. The Balaban J connectivity index is 1.44. The van der Waals surface area contributed by atoms with Gasteiger partial charge in [0.1, 0.15) is 13.2 Å². The molecule has 1 fully saturated rings. The van der Waals surface area contributed by atoms with Crippen LogP contribution in [0.1, 0.15) is 30.0 Å². The van der Waals surface area contributed by atoms with E-state index in [9.17, 15) is 0 Å². The van der Waals surface area contributed by atoms with Crippen molar-refractivity contribution >= 4 is 0 Å². The van der Waals surface area contributed by atoms with Crippen LogP contribution in [-0.4, -0.2) is 41.2 Å². The van der Waals surface area contributed by atoms with Gasteiger partial charge in [0.2, 0.25) is 0 Å². The second-order valence-electron chi connectivity index (χ2n) is 6.18. The summed E-state index contributed by atoms with van der Waals surface area (Å²) in [5.74, 6) is 2.21. The van der Waals surface area contributed by atoms with Crippen molar-refractivity contribution in [3.63, 3.8) is 0 Å². The lowest BCUT2D eigenvalue weighted by atomic mass is 9.94. The molecule has 1 atom stereocenters. The van der Waals surface area contributed by atoms with Gasteiger partial charge in [0, 0.05) is 37.6 Å². The number of nitrogens with zero attached hydrogens (tertiary/aromatic N) is 3. The lowest BCUT2D eigenvalue weighted by molar-refractivity contribution is 0.170. The molecule has 1 aromatic heterocycles. The van der Waals surface area contributed by atoms with Crippen LogP contribution < -0.4 is 9.47 Å². The molecule has 2 aromatic rings. The van der Waals surface area contributed by atoms with E-state index < -0.39 is 0 Å². The highest BCUT2D eigenvalue weighted by Gasteiger charge is 2.23. The molecule has 0 N–H and O–H groups in total. The number of aromatic nitrogens is 2. The topological polar surface area (TPSA) is 47.5 Å². The Morgan fingerprint density at radius 2 is 2.04 bits per heavy atom. The molecular weight excluding hydrogens is 290 g/mol. The average Bonchev–Trinajstić information content (AvgIpc) is 2.63. The first-order chi connectivity index (χ1) is 11.4. The van der Waals surface area contributed by atoms with Crippen LogP contribution in [0.25, 0.3) is 0 Å². The highest BCUT2D eigenvalue weighted by atomic mass is 16.6. The van der Waals surface area contributed by atoms with E-state index in [0.717, 1.165) is 36.8 Å². The molecule has 120 valence electrons. The average molecular weight is 311 g/mol. The highest BCUT2D eigenvalue weighted by Crippen LogP contribution is 2.32. The molecule has 1 aromatic carbocycles. The van der Waals surface area contributed by atoms with Crippen LogP contribution in [0, 0.1) is 0 Å². The molecule has 0 amide bonds. The molecule has 2 aliphatic heterocycles. The molecule has 0 spiro atoms. The van der Waals surface area contributed by atoms with E-state index in [2.05, 4.69) is 27.0 Å². The van der Waals surface area contributed by atoms with E-state index in [1.807, 2.05) is 12.3 Å². The van der Waals surface area contributed by atoms with Crippen molar-refractivity contribution in [2.75, 3.05) is 26.3 Å². The number of hydrogen-bond acceptors (Lipinski definition) is 5. The van der Waals surface area contributed by atoms with Gasteiger partial charge >= 0.3 is 0 Å². The molecular formula is C18H21N3O2. The number of ether oxygens (including phenoxy) is 2. The van der Waals surface area contributed by atoms with Gasteiger partial charge in [-0.25, -0.2) is 0 Å². The van der Waals surface area contributed by atoms with Crippen LogP contribution >= 0.6 is 0 Å². The minimum Gasteiger partial charge on any atom is -0.486 e. The van der Waals surface area contributed by atoms with E-state index in [1.165, 1.54) is 18.4 Å². The summed E-state index contributed by atoms with van der Waals surface area (Å²) < 4.78 is 11.3. The van der Waals surface area contributed by atoms with Crippen molar-refractivity contribution in [2.45, 2.75) is 25.3 Å². The third-order valence-electron chi connectivity index (χ3n) is 4.52. The van der Waals surface area contributed by atoms with Crippen LogP contribution in [-0.2, 0) is 6.54 Å². The maximum atomic E-state index is 5.68. The first-order valence-electron chi connectivity index (χ1n) is 8.25. The van der Waals surface area contributed by atoms with Gasteiger partial charge in [-0.1, -0.05) is 6.07 Å². The van der Waals surface area contributed by atoms with E-state index in [1.54, 1.807) is 12.4 Å². The van der Waals surface area contributed by atoms with E-state index in [0.29, 0.717) is 19.1 Å². The lowest BCUT2D eigenvalue weighted by Gasteiger charge is -2.32. The number of hydrogen-bond donors (Lipinski definition) is 0. The van der Waals surface area contributed by atoms with Gasteiger partial charge in [0.05, 0.1) is 5.69 Å². The van der Waals surface area contributed by atoms with Gasteiger partial charge < -0.3 is 9.47 Å². The van der Waals surface area contributed by atoms with Crippen molar-refractivity contribution in [1.29, 1.82) is 0 Å². The Morgan fingerprint density at radius 1 is 1.13 bits per heavy atom. The first-order valence-corrected chi connectivity index (χ1v) is 8.25. The summed E-state index contributed by atoms with van der Waals surface area (Å²) in [7, 11) is 0. The molecule has 0 radical (unpaired) electrons. The molecule has 0 unspecified atom stereocenters. The van der Waals surface area contributed by atoms with E-state index in [4.69, 9.17) is 9.47 Å². The van der Waals surface area contributed by atoms with Gasteiger partial charge in [-0.2, -0.15) is 0 Å². The van der Waals surface area contributed by atoms with Crippen molar-refractivity contribution < 1.29 is 9.47 Å². The minimum absolute atomic E-state index is 0.481. The summed E-state index contributed by atoms with van der Waals surface area (Å²) >= 11 is 0. The maximum Gasteiger partial charge on any atom is 0.161 e. The molecule has 1 saturated heterocycles. The zero-order valence-electron chi connectivity index (χ0n) is 13.1. The Labute approximate surface area is 136 Å². The molecule has 5 heteroatoms. The van der Waals surface area contributed by atoms with Crippen LogP contribution in [0.4, 0.5) is 0 Å². The zero-order valence-corrected chi connectivity index (χ0v) is 13.1. The van der Waals surface area contributed by atoms with Gasteiger partial charge in [-0.05, 0) is 37.1 Å². The maximum absolute atomic E-state index is 5.68. The Morgan fingerprint density at radius 3 is 2.91 bits per heavy atom. The summed E-state index contributed by atoms with van der Waals surface area (Å²) in [6.45, 7) is 4.37. The zero-order chi connectivity index (χ0) is 15.5. The fourth-order valence-electron chi connectivity index (χ4n) is 3.41. The standard InChI is InChI=1S/C18H21N3O2/c1-2-15(16-11-19-5-6-20-16)13-21(7-1)12-14-3-4-17-18(10-14)23-9-8-22-17/h3-6,10-11,15H,1-2,7-9,12-13H2/t15-/m0/s1. The number of rotatable bonds is 3. The van der Waals surface area contributed by atoms with Crippen LogP contribution in [0.15, 0.2) is 36.8 Å². The second-order valence-corrected chi connectivity index (χ2v) is 6.18. The van der Waals surface area contributed by atoms with Gasteiger partial charge in [-0.3, -0.25) is 14.9 Å². The van der Waals surface area contributed by atoms with Gasteiger partial charge in [-0.15, -0.1) is 0 Å². The molecule has 4 rings (SSSR count). The molecule has 23 heavy (non-hydrogen) atoms. The molecule has 2 aliphatic rings. The predicted octanol–water partition coefficient (Wildman–Crippen LogP) is 2.63. The van der Waals surface area contributed by atoms with Crippen molar-refractivity contribution in [3.8, 4) is 11.5 Å². The van der Waals surface area contributed by atoms with E-state index in [-0.39, 0.29) is 0 Å². The summed E-state index contributed by atoms with van der Waals surface area (Å²) in [4.78, 5) is 11.2. The van der Waals surface area contributed by atoms with Crippen molar-refractivity contribution in [3.05, 3.63) is 48.0 Å². The van der Waals surface area contributed by atoms with Crippen LogP contribution in [0.5, 0.6) is 11.5 Å². The molecule has 0 aliphatic carbocycles. The molecule has 0 saturated carbocycles. The molecule has 5 nitrogen and oxygen atoms in total. The second kappa shape index (κ2) is 6.54. The number of likely N-dealkylation sites (tertiary alicyclic amines) is 1. The number of benzene rings is 1. The Kier molecular flexibility index (Phi) is 4.11. The lowest BCUT2D eigenvalue weighted by Crippen LogP contribution is -2.34. The highest BCUT2D eigenvalue weighted by molar-refractivity contribution is 5.43. The van der Waals surface area contributed by atoms with Gasteiger partial charge in [0.25, 0.3) is 0 Å². The number of fused-ring (bicyclic) bond motifs is 1. The summed E-state index contributed by atoms with van der Waals surface area (Å²) in [6, 6.07) is 6.27. The van der Waals surface area contributed by atoms with Crippen molar-refractivity contribution in [2.24, 2.45) is 0 Å². The minimum atomic E-state index is 0.481. The van der Waals surface area contributed by atoms with Crippen LogP contribution in [0.2, 0.25) is 0 Å². The largest absolute Gasteiger partial charge is 0.486 e. The predicted molar refractivity (Wildman–Crippen MR) is 86.7 cm³/mol. The van der Waals surface area contributed by atoms with Crippen LogP contribution in [0.3, 0.4) is 0 Å². The summed E-state index contributed by atoms with van der Waals surface area (Å²) in [5.41, 5.74) is 2.38. The summed E-state index contributed by atoms with van der Waals surface area (Å²) in [5, 5.41) is 0. The third-order valence-corrected chi connectivity index (χ3v) is 4.52.